The maximum atomic E-state index is 11.6. The van der Waals surface area contributed by atoms with Gasteiger partial charge in [-0.3, -0.25) is 5.10 Å². The number of hydrogen-bond acceptors (Lipinski definition) is 3. The Hall–Kier alpha value is -1.32. The third-order valence-corrected chi connectivity index (χ3v) is 2.16. The van der Waals surface area contributed by atoms with E-state index in [4.69, 9.17) is 4.74 Å². The first-order chi connectivity index (χ1) is 7.06. The maximum Gasteiger partial charge on any atom is 0.359 e. The van der Waals surface area contributed by atoms with Gasteiger partial charge in [-0.25, -0.2) is 4.79 Å². The van der Waals surface area contributed by atoms with Crippen LogP contribution in [0.25, 0.3) is 0 Å². The summed E-state index contributed by atoms with van der Waals surface area (Å²) in [5.41, 5.74) is 2.36. The van der Waals surface area contributed by atoms with Crippen molar-refractivity contribution in [3.8, 4) is 0 Å². The molecule has 0 aliphatic heterocycles. The predicted octanol–water partition coefficient (Wildman–Crippen LogP) is 2.09. The largest absolute Gasteiger partial charge is 0.461 e. The zero-order valence-corrected chi connectivity index (χ0v) is 9.76. The summed E-state index contributed by atoms with van der Waals surface area (Å²) in [7, 11) is 0. The fourth-order valence-corrected chi connectivity index (χ4v) is 1.48. The number of H-pyrrole nitrogens is 1. The molecule has 0 aliphatic rings. The van der Waals surface area contributed by atoms with Crippen molar-refractivity contribution in [2.45, 2.75) is 34.1 Å². The van der Waals surface area contributed by atoms with Crippen LogP contribution in [-0.2, 0) is 11.2 Å². The summed E-state index contributed by atoms with van der Waals surface area (Å²) in [6.07, 6.45) is 0.844. The molecule has 1 aromatic rings. The van der Waals surface area contributed by atoms with E-state index in [9.17, 15) is 4.79 Å². The average molecular weight is 210 g/mol. The molecule has 84 valence electrons. The lowest BCUT2D eigenvalue weighted by atomic mass is 10.0. The van der Waals surface area contributed by atoms with Crippen LogP contribution in [-0.4, -0.2) is 22.8 Å². The molecular weight excluding hydrogens is 192 g/mol. The van der Waals surface area contributed by atoms with E-state index in [1.54, 1.807) is 6.92 Å². The smallest absolute Gasteiger partial charge is 0.359 e. The molecule has 0 fully saturated rings. The van der Waals surface area contributed by atoms with E-state index >= 15 is 0 Å². The Labute approximate surface area is 90.0 Å². The summed E-state index contributed by atoms with van der Waals surface area (Å²) in [4.78, 5) is 11.6. The van der Waals surface area contributed by atoms with Gasteiger partial charge in [-0.2, -0.15) is 5.10 Å². The lowest BCUT2D eigenvalue weighted by molar-refractivity contribution is 0.0518. The van der Waals surface area contributed by atoms with Gasteiger partial charge in [0.2, 0.25) is 0 Å². The highest BCUT2D eigenvalue weighted by Crippen LogP contribution is 2.16. The van der Waals surface area contributed by atoms with Crippen LogP contribution in [0.3, 0.4) is 0 Å². The predicted molar refractivity (Wildman–Crippen MR) is 57.8 cm³/mol. The summed E-state index contributed by atoms with van der Waals surface area (Å²) in [5, 5.41) is 6.82. The molecule has 1 aromatic heterocycles. The van der Waals surface area contributed by atoms with Crippen molar-refractivity contribution >= 4 is 5.97 Å². The van der Waals surface area contributed by atoms with E-state index < -0.39 is 0 Å². The summed E-state index contributed by atoms with van der Waals surface area (Å²) < 4.78 is 4.94. The Morgan fingerprint density at radius 2 is 2.20 bits per heavy atom. The highest BCUT2D eigenvalue weighted by Gasteiger charge is 2.18. The van der Waals surface area contributed by atoms with Crippen LogP contribution in [0.4, 0.5) is 0 Å². The normalized spacial score (nSPS) is 10.7. The lowest BCUT2D eigenvalue weighted by Gasteiger charge is -2.06. The van der Waals surface area contributed by atoms with Crippen LogP contribution in [0.15, 0.2) is 0 Å². The Morgan fingerprint density at radius 1 is 1.53 bits per heavy atom. The van der Waals surface area contributed by atoms with Gasteiger partial charge in [0.1, 0.15) is 0 Å². The molecule has 0 aliphatic carbocycles. The van der Waals surface area contributed by atoms with Gasteiger partial charge in [0.05, 0.1) is 6.61 Å². The van der Waals surface area contributed by atoms with E-state index in [1.807, 2.05) is 6.92 Å². The molecule has 0 atom stereocenters. The highest BCUT2D eigenvalue weighted by molar-refractivity contribution is 5.89. The minimum absolute atomic E-state index is 0.336. The Morgan fingerprint density at radius 3 is 2.73 bits per heavy atom. The number of nitrogens with one attached hydrogen (secondary N) is 1. The van der Waals surface area contributed by atoms with Gasteiger partial charge >= 0.3 is 5.97 Å². The first-order valence-electron chi connectivity index (χ1n) is 5.27. The van der Waals surface area contributed by atoms with Gasteiger partial charge in [-0.05, 0) is 26.2 Å². The second-order valence-corrected chi connectivity index (χ2v) is 3.99. The number of hydrogen-bond donors (Lipinski definition) is 1. The second kappa shape index (κ2) is 4.96. The highest BCUT2D eigenvalue weighted by atomic mass is 16.5. The van der Waals surface area contributed by atoms with Crippen molar-refractivity contribution < 1.29 is 9.53 Å². The molecule has 0 spiro atoms. The van der Waals surface area contributed by atoms with E-state index in [-0.39, 0.29) is 5.97 Å². The molecule has 0 saturated heterocycles. The van der Waals surface area contributed by atoms with Gasteiger partial charge < -0.3 is 4.74 Å². The van der Waals surface area contributed by atoms with Crippen LogP contribution in [0.2, 0.25) is 0 Å². The SMILES string of the molecule is CCOC(=O)c1n[nH]c(C)c1CC(C)C. The Kier molecular flexibility index (Phi) is 3.88. The topological polar surface area (TPSA) is 55.0 Å². The fraction of sp³-hybridized carbons (Fsp3) is 0.636. The van der Waals surface area contributed by atoms with Crippen molar-refractivity contribution in [3.05, 3.63) is 17.0 Å². The minimum atomic E-state index is -0.336. The molecule has 0 unspecified atom stereocenters. The summed E-state index contributed by atoms with van der Waals surface area (Å²) >= 11 is 0. The number of aromatic amines is 1. The number of aromatic nitrogens is 2. The molecule has 1 heterocycles. The summed E-state index contributed by atoms with van der Waals surface area (Å²) in [5.74, 6) is 0.159. The Balaban J connectivity index is 2.92. The van der Waals surface area contributed by atoms with Crippen LogP contribution >= 0.6 is 0 Å². The zero-order valence-electron chi connectivity index (χ0n) is 9.76. The molecular formula is C11H18N2O2. The molecule has 0 aromatic carbocycles. The van der Waals surface area contributed by atoms with E-state index in [1.165, 1.54) is 0 Å². The molecule has 1 N–H and O–H groups in total. The first-order valence-corrected chi connectivity index (χ1v) is 5.27. The van der Waals surface area contributed by atoms with E-state index in [0.29, 0.717) is 18.2 Å². The second-order valence-electron chi connectivity index (χ2n) is 3.99. The first kappa shape index (κ1) is 11.8. The standard InChI is InChI=1S/C11H18N2O2/c1-5-15-11(14)10-9(6-7(2)3)8(4)12-13-10/h7H,5-6H2,1-4H3,(H,12,13). The molecule has 15 heavy (non-hydrogen) atoms. The number of esters is 1. The monoisotopic (exact) mass is 210 g/mol. The van der Waals surface area contributed by atoms with Crippen LogP contribution in [0.1, 0.15) is 42.5 Å². The van der Waals surface area contributed by atoms with Crippen molar-refractivity contribution in [3.63, 3.8) is 0 Å². The van der Waals surface area contributed by atoms with Crippen molar-refractivity contribution in [2.24, 2.45) is 5.92 Å². The summed E-state index contributed by atoms with van der Waals surface area (Å²) in [6, 6.07) is 0. The average Bonchev–Trinajstić information content (AvgIpc) is 2.48. The quantitative estimate of drug-likeness (QED) is 0.774. The third kappa shape index (κ3) is 2.81. The number of ether oxygens (including phenoxy) is 1. The van der Waals surface area contributed by atoms with E-state index in [0.717, 1.165) is 17.7 Å². The molecule has 4 heteroatoms. The van der Waals surface area contributed by atoms with Crippen LogP contribution < -0.4 is 0 Å². The van der Waals surface area contributed by atoms with Crippen molar-refractivity contribution in [2.75, 3.05) is 6.61 Å². The van der Waals surface area contributed by atoms with Gasteiger partial charge in [-0.15, -0.1) is 0 Å². The lowest BCUT2D eigenvalue weighted by Crippen LogP contribution is -2.09. The van der Waals surface area contributed by atoms with Crippen LogP contribution in [0.5, 0.6) is 0 Å². The van der Waals surface area contributed by atoms with Crippen LogP contribution in [0, 0.1) is 12.8 Å². The molecule has 0 amide bonds. The molecule has 1 rings (SSSR count). The number of aryl methyl sites for hydroxylation is 1. The molecule has 0 radical (unpaired) electrons. The summed E-state index contributed by atoms with van der Waals surface area (Å²) in [6.45, 7) is 8.32. The zero-order chi connectivity index (χ0) is 11.4. The fourth-order valence-electron chi connectivity index (χ4n) is 1.48. The number of carbonyl (C=O) groups excluding carboxylic acids is 1. The number of carbonyl (C=O) groups is 1. The minimum Gasteiger partial charge on any atom is -0.461 e. The third-order valence-electron chi connectivity index (χ3n) is 2.16. The van der Waals surface area contributed by atoms with Crippen molar-refractivity contribution in [1.29, 1.82) is 0 Å². The van der Waals surface area contributed by atoms with Gasteiger partial charge in [-0.1, -0.05) is 13.8 Å². The van der Waals surface area contributed by atoms with Gasteiger partial charge in [0.25, 0.3) is 0 Å². The number of nitrogens with zero attached hydrogens (tertiary/aromatic N) is 1. The molecule has 0 bridgehead atoms. The molecule has 0 saturated carbocycles. The molecule has 4 nitrogen and oxygen atoms in total. The number of rotatable bonds is 4. The van der Waals surface area contributed by atoms with Crippen molar-refractivity contribution in [1.82, 2.24) is 10.2 Å². The van der Waals surface area contributed by atoms with E-state index in [2.05, 4.69) is 24.0 Å². The van der Waals surface area contributed by atoms with Gasteiger partial charge in [0.15, 0.2) is 5.69 Å². The Bertz CT molecular complexity index is 342. The maximum absolute atomic E-state index is 11.6. The van der Waals surface area contributed by atoms with Gasteiger partial charge in [0, 0.05) is 11.3 Å².